The number of fused-ring (bicyclic) bond motifs is 22. The van der Waals surface area contributed by atoms with Crippen molar-refractivity contribution in [1.82, 2.24) is 0 Å². The van der Waals surface area contributed by atoms with E-state index in [2.05, 4.69) is 289 Å². The van der Waals surface area contributed by atoms with E-state index >= 15 is 0 Å². The van der Waals surface area contributed by atoms with E-state index < -0.39 is 10.8 Å². The van der Waals surface area contributed by atoms with Gasteiger partial charge in [0.25, 0.3) is 0 Å². The lowest BCUT2D eigenvalue weighted by molar-refractivity contribution is 0.586. The Bertz CT molecular complexity index is 4030. The molecular weight excluding hydrogens is 961 g/mol. The number of hydrogen-bond acceptors (Lipinski definition) is 0. The van der Waals surface area contributed by atoms with Crippen molar-refractivity contribution in [3.05, 3.63) is 273 Å². The standard InChI is InChI=1S/C80H70/c1-75(2,3)49-31-37-57-58-38-32-50(76(4,5)6)44-70(58)79(69(57)43-49)65-27-19-17-21-53(65)55-35-29-47(41-67(55)79)73-61-23-13-15-25-63(61)74(64-26-16-14-24-62(64)73)48-30-36-56-54-22-18-20-28-66(54)80(68(56)42-48)71-45-51(77(7,8)9)33-39-59(71)60-40-34-52(46-72(60)80)78(10,11)12/h13-46H,1-12H3. The van der Waals surface area contributed by atoms with Crippen LogP contribution >= 0.6 is 0 Å². The van der Waals surface area contributed by atoms with Crippen LogP contribution in [0.1, 0.15) is 150 Å². The maximum Gasteiger partial charge on any atom is 0.0725 e. The van der Waals surface area contributed by atoms with Crippen LogP contribution in [-0.2, 0) is 32.5 Å². The summed E-state index contributed by atoms with van der Waals surface area (Å²) >= 11 is 0. The minimum absolute atomic E-state index is 0.0228. The first kappa shape index (κ1) is 49.0. The van der Waals surface area contributed by atoms with Crippen LogP contribution in [0.25, 0.3) is 88.3 Å². The molecule has 0 atom stereocenters. The SMILES string of the molecule is CC(C)(C)c1ccc2c(c1)C1(c3ccccc3-c3ccc(-c4c5ccccc5c(-c5ccc6c(c5)C5(c7ccccc7-6)c6cc(C(C)(C)C)ccc6-c6ccc(C(C)(C)C)cc65)c5ccccc45)cc31)c1cc(C(C)(C)C)ccc1-2. The first-order valence-electron chi connectivity index (χ1n) is 29.2. The van der Waals surface area contributed by atoms with E-state index in [9.17, 15) is 0 Å². The molecule has 0 amide bonds. The fourth-order valence-corrected chi connectivity index (χ4v) is 15.3. The van der Waals surface area contributed by atoms with Crippen molar-refractivity contribution in [2.75, 3.05) is 0 Å². The van der Waals surface area contributed by atoms with Gasteiger partial charge in [-0.05, 0) is 189 Å². The van der Waals surface area contributed by atoms with E-state index in [1.807, 2.05) is 0 Å². The molecule has 4 aliphatic rings. The molecule has 0 saturated heterocycles. The molecule has 0 bridgehead atoms. The summed E-state index contributed by atoms with van der Waals surface area (Å²) in [6.07, 6.45) is 0. The van der Waals surface area contributed by atoms with Crippen LogP contribution in [0.15, 0.2) is 206 Å². The van der Waals surface area contributed by atoms with E-state index in [0.717, 1.165) is 0 Å². The molecule has 0 heteroatoms. The third-order valence-corrected chi connectivity index (χ3v) is 19.3. The number of rotatable bonds is 2. The molecule has 2 spiro atoms. The molecular formula is C80H70. The highest BCUT2D eigenvalue weighted by Crippen LogP contribution is 2.66. The van der Waals surface area contributed by atoms with Crippen LogP contribution < -0.4 is 0 Å². The third kappa shape index (κ3) is 6.51. The van der Waals surface area contributed by atoms with Crippen molar-refractivity contribution in [2.24, 2.45) is 0 Å². The van der Waals surface area contributed by atoms with E-state index in [4.69, 9.17) is 0 Å². The van der Waals surface area contributed by atoms with E-state index in [0.29, 0.717) is 0 Å². The molecule has 80 heavy (non-hydrogen) atoms. The van der Waals surface area contributed by atoms with Crippen LogP contribution in [0.5, 0.6) is 0 Å². The summed E-state index contributed by atoms with van der Waals surface area (Å²) in [7, 11) is 0. The van der Waals surface area contributed by atoms with Crippen molar-refractivity contribution in [3.8, 4) is 66.8 Å². The number of hydrogen-bond donors (Lipinski definition) is 0. The van der Waals surface area contributed by atoms with Gasteiger partial charge in [0, 0.05) is 0 Å². The van der Waals surface area contributed by atoms with Gasteiger partial charge >= 0.3 is 0 Å². The predicted octanol–water partition coefficient (Wildman–Crippen LogP) is 21.2. The second kappa shape index (κ2) is 16.3. The largest absolute Gasteiger partial charge is 0.0725 e. The molecule has 0 radical (unpaired) electrons. The molecule has 0 nitrogen and oxygen atoms in total. The highest BCUT2D eigenvalue weighted by molar-refractivity contribution is 6.22. The lowest BCUT2D eigenvalue weighted by Gasteiger charge is -2.33. The van der Waals surface area contributed by atoms with Crippen LogP contribution in [0.4, 0.5) is 0 Å². The molecule has 15 rings (SSSR count). The zero-order valence-corrected chi connectivity index (χ0v) is 48.6. The Morgan fingerprint density at radius 2 is 0.438 bits per heavy atom. The van der Waals surface area contributed by atoms with Gasteiger partial charge in [0.15, 0.2) is 0 Å². The van der Waals surface area contributed by atoms with Gasteiger partial charge in [-0.25, -0.2) is 0 Å². The average molecular weight is 1030 g/mol. The monoisotopic (exact) mass is 1030 g/mol. The van der Waals surface area contributed by atoms with Crippen molar-refractivity contribution in [1.29, 1.82) is 0 Å². The average Bonchev–Trinajstić information content (AvgIpc) is 4.23. The van der Waals surface area contributed by atoms with Gasteiger partial charge in [0.2, 0.25) is 0 Å². The minimum atomic E-state index is -0.503. The molecule has 0 unspecified atom stereocenters. The summed E-state index contributed by atoms with van der Waals surface area (Å²) in [6, 6.07) is 81.7. The van der Waals surface area contributed by atoms with Crippen LogP contribution in [0.2, 0.25) is 0 Å². The minimum Gasteiger partial charge on any atom is -0.0619 e. The molecule has 11 aromatic rings. The summed E-state index contributed by atoms with van der Waals surface area (Å²) in [5.74, 6) is 0. The smallest absolute Gasteiger partial charge is 0.0619 e. The van der Waals surface area contributed by atoms with Crippen molar-refractivity contribution in [2.45, 2.75) is 116 Å². The van der Waals surface area contributed by atoms with Gasteiger partial charge in [-0.1, -0.05) is 277 Å². The fourth-order valence-electron chi connectivity index (χ4n) is 15.3. The Morgan fingerprint density at radius 3 is 0.713 bits per heavy atom. The normalized spacial score (nSPS) is 14.9. The Morgan fingerprint density at radius 1 is 0.212 bits per heavy atom. The highest BCUT2D eigenvalue weighted by Gasteiger charge is 2.54. The first-order chi connectivity index (χ1) is 38.2. The molecule has 0 N–H and O–H groups in total. The fraction of sp³-hybridized carbons (Fsp3) is 0.225. The Kier molecular flexibility index (Phi) is 9.98. The quantitative estimate of drug-likeness (QED) is 0.151. The first-order valence-corrected chi connectivity index (χ1v) is 29.2. The lowest BCUT2D eigenvalue weighted by atomic mass is 9.68. The second-order valence-corrected chi connectivity index (χ2v) is 28.0. The van der Waals surface area contributed by atoms with Gasteiger partial charge in [-0.15, -0.1) is 0 Å². The molecule has 0 aliphatic heterocycles. The summed E-state index contributed by atoms with van der Waals surface area (Å²) < 4.78 is 0. The summed E-state index contributed by atoms with van der Waals surface area (Å²) in [5, 5.41) is 5.07. The molecule has 4 aliphatic carbocycles. The maximum atomic E-state index is 2.61. The van der Waals surface area contributed by atoms with Crippen molar-refractivity contribution in [3.63, 3.8) is 0 Å². The summed E-state index contributed by atoms with van der Waals surface area (Å²) in [6.45, 7) is 28.3. The van der Waals surface area contributed by atoms with E-state index in [-0.39, 0.29) is 21.7 Å². The van der Waals surface area contributed by atoms with Crippen molar-refractivity contribution >= 4 is 21.5 Å². The van der Waals surface area contributed by atoms with E-state index in [1.54, 1.807) is 0 Å². The Labute approximate surface area is 474 Å². The maximum absolute atomic E-state index is 2.61. The van der Waals surface area contributed by atoms with Crippen LogP contribution in [0.3, 0.4) is 0 Å². The third-order valence-electron chi connectivity index (χ3n) is 19.3. The van der Waals surface area contributed by atoms with Crippen LogP contribution in [-0.4, -0.2) is 0 Å². The van der Waals surface area contributed by atoms with Crippen LogP contribution in [0, 0.1) is 0 Å². The second-order valence-electron chi connectivity index (χ2n) is 28.0. The van der Waals surface area contributed by atoms with Gasteiger partial charge in [0.05, 0.1) is 10.8 Å². The molecule has 0 heterocycles. The molecule has 0 saturated carbocycles. The molecule has 11 aromatic carbocycles. The molecule has 0 aromatic heterocycles. The van der Waals surface area contributed by atoms with Gasteiger partial charge in [0.1, 0.15) is 0 Å². The zero-order valence-electron chi connectivity index (χ0n) is 48.6. The Balaban J connectivity index is 0.994. The molecule has 0 fully saturated rings. The van der Waals surface area contributed by atoms with Crippen molar-refractivity contribution < 1.29 is 0 Å². The van der Waals surface area contributed by atoms with Gasteiger partial charge < -0.3 is 0 Å². The highest BCUT2D eigenvalue weighted by atomic mass is 14.6. The van der Waals surface area contributed by atoms with Gasteiger partial charge in [-0.3, -0.25) is 0 Å². The Hall–Kier alpha value is -8.06. The van der Waals surface area contributed by atoms with E-state index in [1.165, 1.54) is 155 Å². The lowest BCUT2D eigenvalue weighted by Crippen LogP contribution is -2.27. The van der Waals surface area contributed by atoms with Gasteiger partial charge in [-0.2, -0.15) is 0 Å². The predicted molar refractivity (Wildman–Crippen MR) is 340 cm³/mol. The zero-order chi connectivity index (χ0) is 55.2. The topological polar surface area (TPSA) is 0 Å². The summed E-state index contributed by atoms with van der Waals surface area (Å²) in [4.78, 5) is 0. The molecule has 390 valence electrons. The summed E-state index contributed by atoms with van der Waals surface area (Å²) in [5.41, 5.74) is 31.2. The number of benzene rings is 11.